The highest BCUT2D eigenvalue weighted by molar-refractivity contribution is 6.47. The van der Waals surface area contributed by atoms with Crippen molar-refractivity contribution in [3.8, 4) is 0 Å². The smallest absolute Gasteiger partial charge is 0.266 e. The average Bonchev–Trinajstić information content (AvgIpc) is 3.35. The van der Waals surface area contributed by atoms with Crippen molar-refractivity contribution in [2.24, 2.45) is 0 Å². The molecule has 0 unspecified atom stereocenters. The number of fused-ring (bicyclic) bond motifs is 2. The monoisotopic (exact) mass is 608 g/mol. The van der Waals surface area contributed by atoms with Gasteiger partial charge in [-0.3, -0.25) is 24.0 Å². The summed E-state index contributed by atoms with van der Waals surface area (Å²) in [6.45, 7) is 0. The molecule has 0 radical (unpaired) electrons. The Kier molecular flexibility index (Phi) is 6.27. The van der Waals surface area contributed by atoms with Crippen LogP contribution in [0.15, 0.2) is 72.8 Å². The molecule has 0 aromatic heterocycles. The Morgan fingerprint density at radius 3 is 1.27 bits per heavy atom. The fourth-order valence-corrected chi connectivity index (χ4v) is 5.46. The van der Waals surface area contributed by atoms with Crippen molar-refractivity contribution in [1.29, 1.82) is 0 Å². The van der Waals surface area contributed by atoms with Gasteiger partial charge in [-0.2, -0.15) is 0 Å². The van der Waals surface area contributed by atoms with E-state index < -0.39 is 29.4 Å². The fourth-order valence-electron chi connectivity index (χ4n) is 4.70. The molecule has 0 fully saturated rings. The van der Waals surface area contributed by atoms with E-state index in [-0.39, 0.29) is 64.8 Å². The maximum Gasteiger partial charge on any atom is 0.266 e. The van der Waals surface area contributed by atoms with Gasteiger partial charge in [-0.1, -0.05) is 70.7 Å². The first-order valence-electron chi connectivity index (χ1n) is 11.6. The van der Waals surface area contributed by atoms with Crippen LogP contribution in [0.2, 0.25) is 20.1 Å². The van der Waals surface area contributed by atoms with Crippen molar-refractivity contribution in [3.63, 3.8) is 0 Å². The van der Waals surface area contributed by atoms with Gasteiger partial charge in [0.25, 0.3) is 23.6 Å². The summed E-state index contributed by atoms with van der Waals surface area (Å²) in [6, 6.07) is 17.4. The molecule has 196 valence electrons. The van der Waals surface area contributed by atoms with E-state index in [4.69, 9.17) is 46.4 Å². The van der Waals surface area contributed by atoms with Crippen molar-refractivity contribution in [2.45, 2.75) is 0 Å². The van der Waals surface area contributed by atoms with Gasteiger partial charge in [-0.05, 0) is 48.5 Å². The van der Waals surface area contributed by atoms with E-state index in [1.54, 1.807) is 12.1 Å². The van der Waals surface area contributed by atoms with Crippen LogP contribution in [0.3, 0.4) is 0 Å². The zero-order valence-corrected chi connectivity index (χ0v) is 22.9. The summed E-state index contributed by atoms with van der Waals surface area (Å²) in [5, 5.41) is 0.431. The summed E-state index contributed by atoms with van der Waals surface area (Å²) < 4.78 is 0. The Morgan fingerprint density at radius 2 is 0.875 bits per heavy atom. The summed E-state index contributed by atoms with van der Waals surface area (Å²) in [4.78, 5) is 67.8. The molecule has 0 spiro atoms. The van der Waals surface area contributed by atoms with Gasteiger partial charge in [0.05, 0.1) is 53.7 Å². The maximum atomic E-state index is 13.4. The second kappa shape index (κ2) is 9.57. The standard InChI is InChI=1S/C29H12Cl4N2O5/c30-19-3-1-5-21(23(19)32)34-26(37)15-9-7-13(11-17(15)28(34)39)25(36)14-8-10-16-18(12-14)29(40)35(27(16)38)22-6-2-4-20(31)24(22)33/h1-12H. The van der Waals surface area contributed by atoms with Crippen LogP contribution < -0.4 is 9.80 Å². The highest BCUT2D eigenvalue weighted by Crippen LogP contribution is 2.39. The lowest BCUT2D eigenvalue weighted by Crippen LogP contribution is -2.29. The van der Waals surface area contributed by atoms with Crippen LogP contribution in [0.5, 0.6) is 0 Å². The second-order valence-electron chi connectivity index (χ2n) is 8.89. The van der Waals surface area contributed by atoms with Gasteiger partial charge in [-0.15, -0.1) is 0 Å². The number of rotatable bonds is 4. The van der Waals surface area contributed by atoms with Crippen molar-refractivity contribution in [2.75, 3.05) is 9.80 Å². The first kappa shape index (κ1) is 26.2. The Balaban J connectivity index is 1.33. The molecular weight excluding hydrogens is 598 g/mol. The number of imide groups is 2. The van der Waals surface area contributed by atoms with Gasteiger partial charge in [0.15, 0.2) is 5.78 Å². The van der Waals surface area contributed by atoms with Crippen LogP contribution >= 0.6 is 46.4 Å². The SMILES string of the molecule is O=C(c1ccc2c(c1)C(=O)N(c1cccc(Cl)c1Cl)C2=O)c1ccc2c(c1)C(=O)N(c1cccc(Cl)c1Cl)C2=O. The zero-order valence-electron chi connectivity index (χ0n) is 19.9. The Bertz CT molecular complexity index is 1740. The maximum absolute atomic E-state index is 13.4. The van der Waals surface area contributed by atoms with Crippen molar-refractivity contribution < 1.29 is 24.0 Å². The van der Waals surface area contributed by atoms with Crippen LogP contribution in [-0.4, -0.2) is 29.4 Å². The molecule has 4 amide bonds. The molecule has 4 aromatic rings. The molecule has 0 saturated heterocycles. The van der Waals surface area contributed by atoms with Crippen LogP contribution in [0.25, 0.3) is 0 Å². The molecule has 0 N–H and O–H groups in total. The number of benzene rings is 4. The number of amides is 4. The van der Waals surface area contributed by atoms with E-state index in [1.807, 2.05) is 0 Å². The first-order chi connectivity index (χ1) is 19.1. The topological polar surface area (TPSA) is 91.8 Å². The number of carbonyl (C=O) groups excluding carboxylic acids is 5. The Morgan fingerprint density at radius 1 is 0.500 bits per heavy atom. The molecule has 7 nitrogen and oxygen atoms in total. The molecule has 0 aliphatic carbocycles. The highest BCUT2D eigenvalue weighted by atomic mass is 35.5. The van der Waals surface area contributed by atoms with E-state index in [0.29, 0.717) is 0 Å². The van der Waals surface area contributed by atoms with Crippen molar-refractivity contribution in [3.05, 3.63) is 126 Å². The van der Waals surface area contributed by atoms with E-state index in [0.717, 1.165) is 9.80 Å². The molecule has 4 aromatic carbocycles. The molecule has 0 atom stereocenters. The zero-order chi connectivity index (χ0) is 28.5. The average molecular weight is 610 g/mol. The predicted octanol–water partition coefficient (Wildman–Crippen LogP) is 7.13. The van der Waals surface area contributed by atoms with Crippen molar-refractivity contribution in [1.82, 2.24) is 0 Å². The minimum atomic E-state index is -0.664. The van der Waals surface area contributed by atoms with E-state index >= 15 is 0 Å². The third-order valence-corrected chi connectivity index (χ3v) is 8.26. The minimum absolute atomic E-state index is 0.0149. The van der Waals surface area contributed by atoms with E-state index in [1.165, 1.54) is 60.7 Å². The third kappa shape index (κ3) is 3.85. The first-order valence-corrected chi connectivity index (χ1v) is 13.1. The Labute approximate surface area is 246 Å². The van der Waals surface area contributed by atoms with Gasteiger partial charge in [0, 0.05) is 11.1 Å². The van der Waals surface area contributed by atoms with Gasteiger partial charge in [0.1, 0.15) is 0 Å². The summed E-state index contributed by atoms with van der Waals surface area (Å²) in [5.41, 5.74) is 0.680. The minimum Gasteiger partial charge on any atom is -0.289 e. The highest BCUT2D eigenvalue weighted by Gasteiger charge is 2.40. The summed E-state index contributed by atoms with van der Waals surface area (Å²) >= 11 is 24.6. The van der Waals surface area contributed by atoms with E-state index in [2.05, 4.69) is 0 Å². The molecule has 11 heteroatoms. The van der Waals surface area contributed by atoms with Crippen LogP contribution in [0.1, 0.15) is 57.4 Å². The fraction of sp³-hybridized carbons (Fsp3) is 0. The van der Waals surface area contributed by atoms with Gasteiger partial charge < -0.3 is 0 Å². The molecular formula is C29H12Cl4N2O5. The number of hydrogen-bond donors (Lipinski definition) is 0. The van der Waals surface area contributed by atoms with Crippen LogP contribution in [0, 0.1) is 0 Å². The quantitative estimate of drug-likeness (QED) is 0.181. The number of anilines is 2. The predicted molar refractivity (Wildman–Crippen MR) is 152 cm³/mol. The number of hydrogen-bond acceptors (Lipinski definition) is 5. The lowest BCUT2D eigenvalue weighted by Gasteiger charge is -2.15. The molecule has 6 rings (SSSR count). The lowest BCUT2D eigenvalue weighted by atomic mass is 9.96. The molecule has 0 bridgehead atoms. The molecule has 2 aliphatic rings. The molecule has 2 aliphatic heterocycles. The molecule has 0 saturated carbocycles. The summed E-state index contributed by atoms with van der Waals surface area (Å²) in [6.07, 6.45) is 0. The largest absolute Gasteiger partial charge is 0.289 e. The second-order valence-corrected chi connectivity index (χ2v) is 10.5. The van der Waals surface area contributed by atoms with Gasteiger partial charge in [0.2, 0.25) is 0 Å². The number of carbonyl (C=O) groups is 5. The van der Waals surface area contributed by atoms with Crippen molar-refractivity contribution >= 4 is 87.2 Å². The normalized spacial score (nSPS) is 14.2. The lowest BCUT2D eigenvalue weighted by molar-refractivity contribution is 0.0910. The third-order valence-electron chi connectivity index (χ3n) is 6.64. The Hall–Kier alpha value is -4.01. The molecule has 40 heavy (non-hydrogen) atoms. The van der Waals surface area contributed by atoms with Crippen LogP contribution in [-0.2, 0) is 0 Å². The van der Waals surface area contributed by atoms with Gasteiger partial charge >= 0.3 is 0 Å². The van der Waals surface area contributed by atoms with Gasteiger partial charge in [-0.25, -0.2) is 9.80 Å². The number of nitrogens with zero attached hydrogens (tertiary/aromatic N) is 2. The summed E-state index contributed by atoms with van der Waals surface area (Å²) in [7, 11) is 0. The van der Waals surface area contributed by atoms with E-state index in [9.17, 15) is 24.0 Å². The van der Waals surface area contributed by atoms with Crippen LogP contribution in [0.4, 0.5) is 11.4 Å². The molecule has 2 heterocycles. The number of halogens is 4. The summed E-state index contributed by atoms with van der Waals surface area (Å²) in [5.74, 6) is -3.07. The number of ketones is 1.